The molecule has 100 valence electrons. The number of carbonyl (C=O) groups excluding carboxylic acids is 1. The van der Waals surface area contributed by atoms with Crippen LogP contribution in [0.2, 0.25) is 0 Å². The molecule has 2 rings (SSSR count). The first-order valence-corrected chi connectivity index (χ1v) is 7.54. The largest absolute Gasteiger partial charge is 0.492 e. The van der Waals surface area contributed by atoms with Crippen LogP contribution in [-0.4, -0.2) is 23.1 Å². The Morgan fingerprint density at radius 3 is 2.95 bits per heavy atom. The van der Waals surface area contributed by atoms with Gasteiger partial charge in [-0.3, -0.25) is 4.79 Å². The smallest absolute Gasteiger partial charge is 0.181 e. The first kappa shape index (κ1) is 13.9. The quantitative estimate of drug-likeness (QED) is 0.504. The number of para-hydroxylation sites is 1. The fraction of sp³-hybridized carbons (Fsp3) is 0.231. The Kier molecular flexibility index (Phi) is 4.81. The van der Waals surface area contributed by atoms with Gasteiger partial charge in [-0.1, -0.05) is 23.5 Å². The molecule has 19 heavy (non-hydrogen) atoms. The molecule has 0 fully saturated rings. The molecule has 4 nitrogen and oxygen atoms in total. The average Bonchev–Trinajstić information content (AvgIpc) is 2.81. The molecule has 0 bridgehead atoms. The van der Waals surface area contributed by atoms with E-state index >= 15 is 0 Å². The van der Waals surface area contributed by atoms with E-state index in [2.05, 4.69) is 4.98 Å². The van der Waals surface area contributed by atoms with Gasteiger partial charge in [-0.2, -0.15) is 0 Å². The summed E-state index contributed by atoms with van der Waals surface area (Å²) in [6, 6.07) is 7.28. The van der Waals surface area contributed by atoms with Crippen molar-refractivity contribution in [2.24, 2.45) is 0 Å². The Hall–Kier alpha value is -1.53. The van der Waals surface area contributed by atoms with Crippen molar-refractivity contribution in [3.05, 3.63) is 36.0 Å². The van der Waals surface area contributed by atoms with Crippen LogP contribution in [0.15, 0.2) is 34.7 Å². The molecule has 0 radical (unpaired) electrons. The van der Waals surface area contributed by atoms with Crippen molar-refractivity contribution in [1.29, 1.82) is 0 Å². The summed E-state index contributed by atoms with van der Waals surface area (Å²) >= 11 is 3.10. The van der Waals surface area contributed by atoms with Gasteiger partial charge in [0, 0.05) is 5.75 Å². The van der Waals surface area contributed by atoms with Crippen molar-refractivity contribution < 1.29 is 9.53 Å². The van der Waals surface area contributed by atoms with E-state index in [1.807, 2.05) is 18.2 Å². The highest BCUT2D eigenvalue weighted by atomic mass is 32.2. The number of hydrogen-bond acceptors (Lipinski definition) is 6. The molecule has 0 amide bonds. The van der Waals surface area contributed by atoms with Gasteiger partial charge < -0.3 is 10.5 Å². The predicted molar refractivity (Wildman–Crippen MR) is 79.2 cm³/mol. The van der Waals surface area contributed by atoms with Crippen LogP contribution in [0.4, 0.5) is 5.13 Å². The van der Waals surface area contributed by atoms with Crippen LogP contribution >= 0.6 is 23.1 Å². The number of thiazole rings is 1. The van der Waals surface area contributed by atoms with Gasteiger partial charge in [0.25, 0.3) is 0 Å². The molecule has 2 N–H and O–H groups in total. The zero-order valence-electron chi connectivity index (χ0n) is 10.5. The molecule has 0 aliphatic heterocycles. The number of nitrogens with zero attached hydrogens (tertiary/aromatic N) is 1. The van der Waals surface area contributed by atoms with E-state index in [1.165, 1.54) is 18.3 Å². The highest BCUT2D eigenvalue weighted by Crippen LogP contribution is 2.26. The van der Waals surface area contributed by atoms with Crippen LogP contribution in [0.1, 0.15) is 17.3 Å². The summed E-state index contributed by atoms with van der Waals surface area (Å²) in [6.45, 7) is 2.07. The third-order valence-electron chi connectivity index (χ3n) is 2.35. The summed E-state index contributed by atoms with van der Waals surface area (Å²) in [4.78, 5) is 15.4. The minimum absolute atomic E-state index is 0.0125. The third-order valence-corrected chi connectivity index (χ3v) is 4.34. The molecule has 0 atom stereocenters. The monoisotopic (exact) mass is 294 g/mol. The molecule has 1 aromatic carbocycles. The summed E-state index contributed by atoms with van der Waals surface area (Å²) in [5, 5.41) is 0.574. The first-order valence-electron chi connectivity index (χ1n) is 5.73. The number of hydrogen-bond donors (Lipinski definition) is 1. The third kappa shape index (κ3) is 3.97. The molecule has 0 saturated carbocycles. The molecule has 0 aliphatic rings. The lowest BCUT2D eigenvalue weighted by Crippen LogP contribution is -2.04. The number of anilines is 1. The van der Waals surface area contributed by atoms with Crippen molar-refractivity contribution >= 4 is 34.0 Å². The highest BCUT2D eigenvalue weighted by Gasteiger charge is 2.07. The lowest BCUT2D eigenvalue weighted by atomic mass is 10.1. The Morgan fingerprint density at radius 1 is 1.47 bits per heavy atom. The van der Waals surface area contributed by atoms with Crippen LogP contribution in [0, 0.1) is 0 Å². The van der Waals surface area contributed by atoms with E-state index < -0.39 is 0 Å². The number of rotatable bonds is 6. The van der Waals surface area contributed by atoms with Crippen molar-refractivity contribution in [3.63, 3.8) is 0 Å². The van der Waals surface area contributed by atoms with Crippen molar-refractivity contribution in [3.8, 4) is 5.75 Å². The number of nitrogens with two attached hydrogens (primary N) is 1. The molecule has 0 unspecified atom stereocenters. The van der Waals surface area contributed by atoms with Crippen molar-refractivity contribution in [2.75, 3.05) is 18.1 Å². The Labute approximate surface area is 120 Å². The summed E-state index contributed by atoms with van der Waals surface area (Å²) in [6.07, 6.45) is 1.76. The predicted octanol–water partition coefficient (Wildman–Crippen LogP) is 3.10. The Bertz CT molecular complexity index is 569. The zero-order valence-corrected chi connectivity index (χ0v) is 12.1. The van der Waals surface area contributed by atoms with E-state index in [-0.39, 0.29) is 5.78 Å². The van der Waals surface area contributed by atoms with Gasteiger partial charge in [-0.15, -0.1) is 11.8 Å². The maximum atomic E-state index is 11.4. The van der Waals surface area contributed by atoms with Crippen LogP contribution in [-0.2, 0) is 0 Å². The number of thioether (sulfide) groups is 1. The molecular weight excluding hydrogens is 280 g/mol. The van der Waals surface area contributed by atoms with Gasteiger partial charge in [-0.25, -0.2) is 4.98 Å². The number of carbonyl (C=O) groups is 1. The number of ketones is 1. The number of benzene rings is 1. The van der Waals surface area contributed by atoms with Crippen molar-refractivity contribution in [1.82, 2.24) is 4.98 Å². The fourth-order valence-electron chi connectivity index (χ4n) is 1.52. The van der Waals surface area contributed by atoms with Gasteiger partial charge in [-0.05, 0) is 19.1 Å². The Balaban J connectivity index is 1.84. The molecule has 0 saturated heterocycles. The van der Waals surface area contributed by atoms with Crippen LogP contribution in [0.5, 0.6) is 5.75 Å². The van der Waals surface area contributed by atoms with Crippen LogP contribution < -0.4 is 10.5 Å². The molecule has 0 aliphatic carbocycles. The molecule has 6 heteroatoms. The summed E-state index contributed by atoms with van der Waals surface area (Å²) in [5.41, 5.74) is 6.17. The normalized spacial score (nSPS) is 10.4. The van der Waals surface area contributed by atoms with Gasteiger partial charge in [0.2, 0.25) is 0 Å². The number of nitrogen functional groups attached to an aromatic ring is 1. The second-order valence-electron chi connectivity index (χ2n) is 3.77. The molecule has 1 heterocycles. The molecule has 2 aromatic rings. The molecular formula is C13H14N2O2S2. The summed E-state index contributed by atoms with van der Waals surface area (Å²) in [7, 11) is 0. The van der Waals surface area contributed by atoms with Gasteiger partial charge in [0.15, 0.2) is 10.9 Å². The minimum Gasteiger partial charge on any atom is -0.492 e. The van der Waals surface area contributed by atoms with Gasteiger partial charge in [0.1, 0.15) is 5.75 Å². The molecule has 1 aromatic heterocycles. The topological polar surface area (TPSA) is 65.2 Å². The van der Waals surface area contributed by atoms with E-state index in [4.69, 9.17) is 10.5 Å². The van der Waals surface area contributed by atoms with E-state index in [1.54, 1.807) is 24.0 Å². The van der Waals surface area contributed by atoms with Crippen LogP contribution in [0.25, 0.3) is 0 Å². The minimum atomic E-state index is 0.0125. The van der Waals surface area contributed by atoms with Crippen molar-refractivity contribution in [2.45, 2.75) is 11.1 Å². The maximum absolute atomic E-state index is 11.4. The van der Waals surface area contributed by atoms with Gasteiger partial charge >= 0.3 is 0 Å². The Morgan fingerprint density at radius 2 is 2.26 bits per heavy atom. The van der Waals surface area contributed by atoms with Crippen LogP contribution in [0.3, 0.4) is 0 Å². The number of aromatic nitrogens is 1. The zero-order chi connectivity index (χ0) is 13.7. The summed E-state index contributed by atoms with van der Waals surface area (Å²) < 4.78 is 6.71. The maximum Gasteiger partial charge on any atom is 0.181 e. The SMILES string of the molecule is CC(=O)c1ccccc1OCCSc1cnc(N)s1. The van der Waals surface area contributed by atoms with E-state index in [0.717, 1.165) is 9.96 Å². The highest BCUT2D eigenvalue weighted by molar-refractivity contribution is 8.01. The summed E-state index contributed by atoms with van der Waals surface area (Å²) in [5.74, 6) is 1.44. The van der Waals surface area contributed by atoms with E-state index in [0.29, 0.717) is 23.1 Å². The standard InChI is InChI=1S/C13H14N2O2S2/c1-9(16)10-4-2-3-5-11(10)17-6-7-18-12-8-15-13(14)19-12/h2-5,8H,6-7H2,1H3,(H2,14,15). The average molecular weight is 294 g/mol. The number of Topliss-reactive ketones (excluding diaryl/α,β-unsaturated/α-hetero) is 1. The van der Waals surface area contributed by atoms with E-state index in [9.17, 15) is 4.79 Å². The number of ether oxygens (including phenoxy) is 1. The second kappa shape index (κ2) is 6.58. The van der Waals surface area contributed by atoms with Gasteiger partial charge in [0.05, 0.1) is 22.6 Å². The lowest BCUT2D eigenvalue weighted by Gasteiger charge is -2.08. The second-order valence-corrected chi connectivity index (χ2v) is 6.22. The first-order chi connectivity index (χ1) is 9.16. The molecule has 0 spiro atoms. The lowest BCUT2D eigenvalue weighted by molar-refractivity contribution is 0.101. The fourth-order valence-corrected chi connectivity index (χ4v) is 3.17.